The highest BCUT2D eigenvalue weighted by Crippen LogP contribution is 2.17. The number of nitrogens with zero attached hydrogens (tertiary/aromatic N) is 1. The number of hydrogen-bond acceptors (Lipinski definition) is 4. The van der Waals surface area contributed by atoms with Crippen molar-refractivity contribution in [3.63, 3.8) is 0 Å². The fourth-order valence-electron chi connectivity index (χ4n) is 2.55. The second-order valence-electron chi connectivity index (χ2n) is 7.27. The predicted molar refractivity (Wildman–Crippen MR) is 113 cm³/mol. The number of carbonyl (C=O) groups is 2. The summed E-state index contributed by atoms with van der Waals surface area (Å²) in [6, 6.07) is 13.0. The molecule has 0 heterocycles. The summed E-state index contributed by atoms with van der Waals surface area (Å²) in [5, 5.41) is 5.44. The molecular weight excluding hydrogens is 390 g/mol. The van der Waals surface area contributed by atoms with Crippen LogP contribution in [0.4, 0.5) is 5.69 Å². The zero-order valence-electron chi connectivity index (χ0n) is 17.1. The Morgan fingerprint density at radius 1 is 1.03 bits per heavy atom. The molecule has 0 aliphatic heterocycles. The van der Waals surface area contributed by atoms with Gasteiger partial charge in [-0.2, -0.15) is 4.31 Å². The smallest absolute Gasteiger partial charge is 0.253 e. The number of amides is 2. The highest BCUT2D eigenvalue weighted by atomic mass is 32.2. The Kier molecular flexibility index (Phi) is 7.53. The molecule has 0 saturated heterocycles. The Morgan fingerprint density at radius 3 is 2.28 bits per heavy atom. The first-order valence-electron chi connectivity index (χ1n) is 9.31. The van der Waals surface area contributed by atoms with Gasteiger partial charge in [0.05, 0.1) is 22.7 Å². The molecule has 8 heteroatoms. The molecule has 0 aliphatic rings. The quantitative estimate of drug-likeness (QED) is 0.690. The molecule has 0 spiro atoms. The highest BCUT2D eigenvalue weighted by molar-refractivity contribution is 7.89. The number of benzene rings is 2. The van der Waals surface area contributed by atoms with Crippen LogP contribution in [0, 0.1) is 12.8 Å². The second-order valence-corrected chi connectivity index (χ2v) is 9.32. The number of para-hydroxylation sites is 1. The lowest BCUT2D eigenvalue weighted by molar-refractivity contribution is -0.116. The Labute approximate surface area is 172 Å². The number of anilines is 1. The lowest BCUT2D eigenvalue weighted by Gasteiger charge is -2.18. The SMILES string of the molecule is Cc1ccc(S(=O)(=O)N(C)CC(=O)Nc2ccccc2C(=O)NCC(C)C)cc1. The Hall–Kier alpha value is -2.71. The molecule has 0 bridgehead atoms. The first-order chi connectivity index (χ1) is 13.6. The van der Waals surface area contributed by atoms with E-state index in [-0.39, 0.29) is 17.3 Å². The van der Waals surface area contributed by atoms with Crippen LogP contribution < -0.4 is 10.6 Å². The van der Waals surface area contributed by atoms with Crippen LogP contribution in [-0.4, -0.2) is 44.7 Å². The van der Waals surface area contributed by atoms with E-state index >= 15 is 0 Å². The monoisotopic (exact) mass is 417 g/mol. The number of hydrogen-bond donors (Lipinski definition) is 2. The van der Waals surface area contributed by atoms with Gasteiger partial charge in [-0.25, -0.2) is 8.42 Å². The standard InChI is InChI=1S/C21H27N3O4S/c1-15(2)13-22-21(26)18-7-5-6-8-19(18)23-20(25)14-24(4)29(27,28)17-11-9-16(3)10-12-17/h5-12,15H,13-14H2,1-4H3,(H,22,26)(H,23,25). The largest absolute Gasteiger partial charge is 0.352 e. The van der Waals surface area contributed by atoms with E-state index in [9.17, 15) is 18.0 Å². The zero-order valence-corrected chi connectivity index (χ0v) is 17.9. The fourth-order valence-corrected chi connectivity index (χ4v) is 3.68. The Balaban J connectivity index is 2.09. The number of sulfonamides is 1. The van der Waals surface area contributed by atoms with E-state index in [1.807, 2.05) is 20.8 Å². The van der Waals surface area contributed by atoms with Crippen molar-refractivity contribution in [3.8, 4) is 0 Å². The minimum atomic E-state index is -3.79. The van der Waals surface area contributed by atoms with Crippen molar-refractivity contribution in [3.05, 3.63) is 59.7 Å². The van der Waals surface area contributed by atoms with Crippen LogP contribution in [-0.2, 0) is 14.8 Å². The fraction of sp³-hybridized carbons (Fsp3) is 0.333. The minimum absolute atomic E-state index is 0.117. The van der Waals surface area contributed by atoms with Crippen LogP contribution in [0.15, 0.2) is 53.4 Å². The van der Waals surface area contributed by atoms with Gasteiger partial charge in [0, 0.05) is 13.6 Å². The van der Waals surface area contributed by atoms with Crippen molar-refractivity contribution in [1.82, 2.24) is 9.62 Å². The molecule has 0 saturated carbocycles. The maximum absolute atomic E-state index is 12.6. The molecule has 0 radical (unpaired) electrons. The average Bonchev–Trinajstić information content (AvgIpc) is 2.66. The first-order valence-corrected chi connectivity index (χ1v) is 10.8. The van der Waals surface area contributed by atoms with Gasteiger partial charge in [-0.05, 0) is 37.1 Å². The maximum Gasteiger partial charge on any atom is 0.253 e. The predicted octanol–water partition coefficient (Wildman–Crippen LogP) is 2.64. The zero-order chi connectivity index (χ0) is 21.6. The summed E-state index contributed by atoms with van der Waals surface area (Å²) in [5.74, 6) is -0.538. The van der Waals surface area contributed by atoms with Crippen LogP contribution in [0.3, 0.4) is 0 Å². The minimum Gasteiger partial charge on any atom is -0.352 e. The van der Waals surface area contributed by atoms with Crippen molar-refractivity contribution < 1.29 is 18.0 Å². The van der Waals surface area contributed by atoms with Crippen LogP contribution >= 0.6 is 0 Å². The van der Waals surface area contributed by atoms with Gasteiger partial charge in [-0.3, -0.25) is 9.59 Å². The van der Waals surface area contributed by atoms with Crippen molar-refractivity contribution in [1.29, 1.82) is 0 Å². The van der Waals surface area contributed by atoms with E-state index in [0.29, 0.717) is 23.7 Å². The molecule has 0 aromatic heterocycles. The van der Waals surface area contributed by atoms with E-state index in [2.05, 4.69) is 10.6 Å². The molecule has 2 rings (SSSR count). The third kappa shape index (κ3) is 6.13. The van der Waals surface area contributed by atoms with E-state index < -0.39 is 15.9 Å². The second kappa shape index (κ2) is 9.67. The molecule has 0 atom stereocenters. The van der Waals surface area contributed by atoms with E-state index in [0.717, 1.165) is 9.87 Å². The average molecular weight is 418 g/mol. The summed E-state index contributed by atoms with van der Waals surface area (Å²) < 4.78 is 26.3. The van der Waals surface area contributed by atoms with Crippen LogP contribution in [0.25, 0.3) is 0 Å². The van der Waals surface area contributed by atoms with Crippen molar-refractivity contribution in [2.75, 3.05) is 25.5 Å². The van der Waals surface area contributed by atoms with Gasteiger partial charge in [0.25, 0.3) is 5.91 Å². The summed E-state index contributed by atoms with van der Waals surface area (Å²) in [4.78, 5) is 24.9. The molecule has 2 aromatic rings. The summed E-state index contributed by atoms with van der Waals surface area (Å²) in [6.07, 6.45) is 0. The number of rotatable bonds is 8. The molecule has 156 valence electrons. The summed E-state index contributed by atoms with van der Waals surface area (Å²) in [7, 11) is -2.45. The first kappa shape index (κ1) is 22.6. The van der Waals surface area contributed by atoms with Crippen LogP contribution in [0.1, 0.15) is 29.8 Å². The van der Waals surface area contributed by atoms with Gasteiger partial charge in [0.15, 0.2) is 0 Å². The number of aryl methyl sites for hydroxylation is 1. The topological polar surface area (TPSA) is 95.6 Å². The normalized spacial score (nSPS) is 11.5. The van der Waals surface area contributed by atoms with E-state index in [1.165, 1.54) is 19.2 Å². The summed E-state index contributed by atoms with van der Waals surface area (Å²) in [5.41, 5.74) is 1.60. The van der Waals surface area contributed by atoms with E-state index in [1.54, 1.807) is 36.4 Å². The Bertz CT molecular complexity index is 970. The van der Waals surface area contributed by atoms with Gasteiger partial charge in [0.2, 0.25) is 15.9 Å². The molecular formula is C21H27N3O4S. The third-order valence-electron chi connectivity index (χ3n) is 4.21. The van der Waals surface area contributed by atoms with Gasteiger partial charge in [-0.1, -0.05) is 43.7 Å². The lowest BCUT2D eigenvalue weighted by Crippen LogP contribution is -2.35. The highest BCUT2D eigenvalue weighted by Gasteiger charge is 2.23. The summed E-state index contributed by atoms with van der Waals surface area (Å²) >= 11 is 0. The van der Waals surface area contributed by atoms with Gasteiger partial charge >= 0.3 is 0 Å². The molecule has 0 aliphatic carbocycles. The van der Waals surface area contributed by atoms with Crippen molar-refractivity contribution in [2.24, 2.45) is 5.92 Å². The lowest BCUT2D eigenvalue weighted by atomic mass is 10.1. The molecule has 0 fully saturated rings. The molecule has 7 nitrogen and oxygen atoms in total. The van der Waals surface area contributed by atoms with Gasteiger partial charge in [-0.15, -0.1) is 0 Å². The van der Waals surface area contributed by atoms with Crippen LogP contribution in [0.5, 0.6) is 0 Å². The molecule has 2 N–H and O–H groups in total. The maximum atomic E-state index is 12.6. The number of carbonyl (C=O) groups excluding carboxylic acids is 2. The van der Waals surface area contributed by atoms with Crippen molar-refractivity contribution >= 4 is 27.5 Å². The number of nitrogens with one attached hydrogen (secondary N) is 2. The number of likely N-dealkylation sites (N-methyl/N-ethyl adjacent to an activating group) is 1. The molecule has 29 heavy (non-hydrogen) atoms. The van der Waals surface area contributed by atoms with Gasteiger partial charge in [0.1, 0.15) is 0 Å². The van der Waals surface area contributed by atoms with Crippen LogP contribution in [0.2, 0.25) is 0 Å². The molecule has 2 amide bonds. The molecule has 0 unspecified atom stereocenters. The van der Waals surface area contributed by atoms with Gasteiger partial charge < -0.3 is 10.6 Å². The van der Waals surface area contributed by atoms with E-state index in [4.69, 9.17) is 0 Å². The molecule has 2 aromatic carbocycles. The summed E-state index contributed by atoms with van der Waals surface area (Å²) in [6.45, 7) is 5.97. The van der Waals surface area contributed by atoms with Crippen molar-refractivity contribution in [2.45, 2.75) is 25.7 Å². The third-order valence-corrected chi connectivity index (χ3v) is 6.03. The Morgan fingerprint density at radius 2 is 1.66 bits per heavy atom.